The normalized spacial score (nSPS) is 14.8. The largest absolute Gasteiger partial charge is 0.416 e. The topological polar surface area (TPSA) is 82.2 Å². The number of benzene rings is 2. The van der Waals surface area contributed by atoms with E-state index in [-0.39, 0.29) is 35.7 Å². The van der Waals surface area contributed by atoms with E-state index >= 15 is 0 Å². The molecule has 0 amide bonds. The van der Waals surface area contributed by atoms with Crippen molar-refractivity contribution in [2.24, 2.45) is 0 Å². The maximum atomic E-state index is 13.3. The standard InChI is InChI=1S/C19H13F3N4O2/c20-19(21,22)12-4-5-15-16(7-12)26(13-3-1-2-11(6-13)8-23)18(28)24-17(15)25-9-14(27)10-25/h1-7,14,27H,9-10H2. The van der Waals surface area contributed by atoms with Gasteiger partial charge in [-0.2, -0.15) is 23.4 Å². The number of β-amino-alcohol motifs (C(OH)–C–C–N with tert-alkyl or cyclic N) is 1. The molecule has 0 saturated carbocycles. The fourth-order valence-corrected chi connectivity index (χ4v) is 3.22. The Morgan fingerprint density at radius 2 is 1.93 bits per heavy atom. The molecule has 6 nitrogen and oxygen atoms in total. The van der Waals surface area contributed by atoms with E-state index in [9.17, 15) is 23.1 Å². The van der Waals surface area contributed by atoms with Crippen LogP contribution in [0.2, 0.25) is 0 Å². The molecular weight excluding hydrogens is 373 g/mol. The summed E-state index contributed by atoms with van der Waals surface area (Å²) < 4.78 is 40.9. The Labute approximate surface area is 156 Å². The lowest BCUT2D eigenvalue weighted by molar-refractivity contribution is -0.137. The van der Waals surface area contributed by atoms with Crippen LogP contribution in [0.3, 0.4) is 0 Å². The monoisotopic (exact) mass is 386 g/mol. The fraction of sp³-hybridized carbons (Fsp3) is 0.211. The Bertz CT molecular complexity index is 1170. The number of aliphatic hydroxyl groups excluding tert-OH is 1. The quantitative estimate of drug-likeness (QED) is 0.732. The van der Waals surface area contributed by atoms with Crippen molar-refractivity contribution in [1.29, 1.82) is 5.26 Å². The molecule has 0 atom stereocenters. The number of fused-ring (bicyclic) bond motifs is 1. The number of alkyl halides is 3. The first-order valence-electron chi connectivity index (χ1n) is 8.35. The highest BCUT2D eigenvalue weighted by Crippen LogP contribution is 2.34. The van der Waals surface area contributed by atoms with Crippen LogP contribution in [0, 0.1) is 11.3 Å². The summed E-state index contributed by atoms with van der Waals surface area (Å²) in [4.78, 5) is 18.4. The molecule has 1 saturated heterocycles. The number of halogens is 3. The van der Waals surface area contributed by atoms with Crippen LogP contribution in [0.15, 0.2) is 47.3 Å². The predicted octanol–water partition coefficient (Wildman–Crippen LogP) is 2.46. The summed E-state index contributed by atoms with van der Waals surface area (Å²) in [6.45, 7) is 0.493. The van der Waals surface area contributed by atoms with Crippen LogP contribution in [-0.2, 0) is 6.18 Å². The number of aliphatic hydroxyl groups is 1. The molecule has 1 aliphatic rings. The molecule has 1 fully saturated rings. The minimum Gasteiger partial charge on any atom is -0.389 e. The molecule has 9 heteroatoms. The minimum absolute atomic E-state index is 0.0290. The zero-order valence-corrected chi connectivity index (χ0v) is 14.3. The maximum Gasteiger partial charge on any atom is 0.416 e. The van der Waals surface area contributed by atoms with Gasteiger partial charge in [-0.05, 0) is 36.4 Å². The molecule has 0 spiro atoms. The summed E-state index contributed by atoms with van der Waals surface area (Å²) in [5.74, 6) is 0.228. The third-order valence-corrected chi connectivity index (χ3v) is 4.59. The number of rotatable bonds is 2. The van der Waals surface area contributed by atoms with Crippen LogP contribution in [0.25, 0.3) is 16.6 Å². The van der Waals surface area contributed by atoms with Gasteiger partial charge in [0.15, 0.2) is 0 Å². The first-order chi connectivity index (χ1) is 13.3. The Hall–Kier alpha value is -3.38. The second-order valence-corrected chi connectivity index (χ2v) is 6.50. The van der Waals surface area contributed by atoms with Gasteiger partial charge >= 0.3 is 11.9 Å². The smallest absolute Gasteiger partial charge is 0.389 e. The predicted molar refractivity (Wildman–Crippen MR) is 95.3 cm³/mol. The summed E-state index contributed by atoms with van der Waals surface area (Å²) >= 11 is 0. The summed E-state index contributed by atoms with van der Waals surface area (Å²) in [5, 5.41) is 19.0. The number of hydrogen-bond donors (Lipinski definition) is 1. The second-order valence-electron chi connectivity index (χ2n) is 6.50. The lowest BCUT2D eigenvalue weighted by Gasteiger charge is -2.37. The summed E-state index contributed by atoms with van der Waals surface area (Å²) in [6.07, 6.45) is -5.15. The number of aromatic nitrogens is 2. The highest BCUT2D eigenvalue weighted by atomic mass is 19.4. The average molecular weight is 386 g/mol. The molecule has 0 radical (unpaired) electrons. The van der Waals surface area contributed by atoms with E-state index < -0.39 is 23.5 Å². The molecule has 1 N–H and O–H groups in total. The molecule has 0 unspecified atom stereocenters. The van der Waals surface area contributed by atoms with Crippen molar-refractivity contribution in [1.82, 2.24) is 9.55 Å². The summed E-state index contributed by atoms with van der Waals surface area (Å²) in [7, 11) is 0. The van der Waals surface area contributed by atoms with Crippen molar-refractivity contribution in [2.75, 3.05) is 18.0 Å². The van der Waals surface area contributed by atoms with Gasteiger partial charge in [0.2, 0.25) is 0 Å². The van der Waals surface area contributed by atoms with Crippen LogP contribution in [-0.4, -0.2) is 33.9 Å². The van der Waals surface area contributed by atoms with E-state index in [1.165, 1.54) is 24.3 Å². The minimum atomic E-state index is -4.58. The zero-order chi connectivity index (χ0) is 20.1. The van der Waals surface area contributed by atoms with Crippen molar-refractivity contribution in [3.63, 3.8) is 0 Å². The molecule has 3 aromatic rings. The molecule has 1 aromatic heterocycles. The number of hydrogen-bond acceptors (Lipinski definition) is 5. The Morgan fingerprint density at radius 3 is 2.57 bits per heavy atom. The van der Waals surface area contributed by atoms with Gasteiger partial charge in [0.1, 0.15) is 5.82 Å². The molecule has 4 rings (SSSR count). The summed E-state index contributed by atoms with van der Waals surface area (Å²) in [6, 6.07) is 11.1. The first-order valence-corrected chi connectivity index (χ1v) is 8.35. The maximum absolute atomic E-state index is 13.3. The van der Waals surface area contributed by atoms with Gasteiger partial charge in [0.05, 0.1) is 34.5 Å². The van der Waals surface area contributed by atoms with E-state index in [1.54, 1.807) is 11.0 Å². The third kappa shape index (κ3) is 2.97. The van der Waals surface area contributed by atoms with Crippen LogP contribution >= 0.6 is 0 Å². The van der Waals surface area contributed by atoms with Crippen molar-refractivity contribution in [3.05, 3.63) is 64.1 Å². The van der Waals surface area contributed by atoms with E-state index in [2.05, 4.69) is 4.98 Å². The number of nitriles is 1. The number of anilines is 1. The highest BCUT2D eigenvalue weighted by molar-refractivity contribution is 5.91. The van der Waals surface area contributed by atoms with E-state index in [0.717, 1.165) is 16.7 Å². The van der Waals surface area contributed by atoms with Gasteiger partial charge in [0.25, 0.3) is 0 Å². The molecule has 0 aliphatic carbocycles. The van der Waals surface area contributed by atoms with Crippen LogP contribution in [0.1, 0.15) is 11.1 Å². The van der Waals surface area contributed by atoms with E-state index in [4.69, 9.17) is 5.26 Å². The molecule has 142 valence electrons. The molecule has 0 bridgehead atoms. The zero-order valence-electron chi connectivity index (χ0n) is 14.3. The molecule has 2 aromatic carbocycles. The third-order valence-electron chi connectivity index (χ3n) is 4.59. The Morgan fingerprint density at radius 1 is 1.18 bits per heavy atom. The average Bonchev–Trinajstić information content (AvgIpc) is 2.63. The highest BCUT2D eigenvalue weighted by Gasteiger charge is 2.33. The molecule has 1 aliphatic heterocycles. The second kappa shape index (κ2) is 6.35. The Kier molecular flexibility index (Phi) is 4.08. The van der Waals surface area contributed by atoms with Crippen molar-refractivity contribution in [3.8, 4) is 11.8 Å². The molecule has 2 heterocycles. The van der Waals surface area contributed by atoms with Gasteiger partial charge < -0.3 is 10.0 Å². The van der Waals surface area contributed by atoms with Crippen molar-refractivity contribution in [2.45, 2.75) is 12.3 Å². The molecular formula is C19H13F3N4O2. The van der Waals surface area contributed by atoms with Gasteiger partial charge in [-0.15, -0.1) is 0 Å². The van der Waals surface area contributed by atoms with E-state index in [1.807, 2.05) is 6.07 Å². The molecule has 28 heavy (non-hydrogen) atoms. The van der Waals surface area contributed by atoms with Crippen LogP contribution in [0.5, 0.6) is 0 Å². The SMILES string of the molecule is N#Cc1cccc(-n2c(=O)nc(N3CC(O)C3)c3ccc(C(F)(F)F)cc32)c1. The van der Waals surface area contributed by atoms with Crippen LogP contribution < -0.4 is 10.6 Å². The lowest BCUT2D eigenvalue weighted by Crippen LogP contribution is -2.51. The van der Waals surface area contributed by atoms with Gasteiger partial charge in [0, 0.05) is 18.5 Å². The lowest BCUT2D eigenvalue weighted by atomic mass is 10.1. The van der Waals surface area contributed by atoms with Gasteiger partial charge in [-0.3, -0.25) is 4.57 Å². The Balaban J connectivity index is 2.03. The van der Waals surface area contributed by atoms with Crippen molar-refractivity contribution >= 4 is 16.7 Å². The number of nitrogens with zero attached hydrogens (tertiary/aromatic N) is 4. The first kappa shape index (κ1) is 18.0. The van der Waals surface area contributed by atoms with E-state index in [0.29, 0.717) is 5.39 Å². The summed E-state index contributed by atoms with van der Waals surface area (Å²) in [5.41, 5.74) is -1.12. The van der Waals surface area contributed by atoms with Crippen LogP contribution in [0.4, 0.5) is 19.0 Å². The van der Waals surface area contributed by atoms with Crippen molar-refractivity contribution < 1.29 is 18.3 Å². The fourth-order valence-electron chi connectivity index (χ4n) is 3.22. The van der Waals surface area contributed by atoms with Gasteiger partial charge in [-0.1, -0.05) is 6.07 Å². The van der Waals surface area contributed by atoms with Gasteiger partial charge in [-0.25, -0.2) is 4.79 Å².